The summed E-state index contributed by atoms with van der Waals surface area (Å²) in [5.74, 6) is -0.303. The Bertz CT molecular complexity index is 431. The molecule has 0 aliphatic carbocycles. The van der Waals surface area contributed by atoms with Gasteiger partial charge in [-0.15, -0.1) is 0 Å². The lowest BCUT2D eigenvalue weighted by molar-refractivity contribution is -0.149. The maximum Gasteiger partial charge on any atom is 0.325 e. The fourth-order valence-corrected chi connectivity index (χ4v) is 2.17. The van der Waals surface area contributed by atoms with Crippen molar-refractivity contribution in [3.05, 3.63) is 35.9 Å². The molecule has 0 bridgehead atoms. The quantitative estimate of drug-likeness (QED) is 0.657. The van der Waals surface area contributed by atoms with Crippen LogP contribution >= 0.6 is 0 Å². The molecule has 4 heteroatoms. The lowest BCUT2D eigenvalue weighted by Gasteiger charge is -2.21. The number of nitrogens with zero attached hydrogens (tertiary/aromatic N) is 1. The molecule has 1 rings (SSSR count). The van der Waals surface area contributed by atoms with Gasteiger partial charge in [0.1, 0.15) is 6.54 Å². The van der Waals surface area contributed by atoms with Gasteiger partial charge in [-0.1, -0.05) is 37.3 Å². The molecule has 21 heavy (non-hydrogen) atoms. The number of benzene rings is 1. The third-order valence-corrected chi connectivity index (χ3v) is 3.17. The van der Waals surface area contributed by atoms with Gasteiger partial charge < -0.3 is 9.64 Å². The predicted molar refractivity (Wildman–Crippen MR) is 82.9 cm³/mol. The molecular weight excluding hydrogens is 266 g/mol. The van der Waals surface area contributed by atoms with E-state index in [1.165, 1.54) is 5.56 Å². The van der Waals surface area contributed by atoms with E-state index in [-0.39, 0.29) is 18.4 Å². The number of hydrogen-bond donors (Lipinski definition) is 0. The molecule has 0 aromatic heterocycles. The Morgan fingerprint density at radius 2 is 1.86 bits per heavy atom. The van der Waals surface area contributed by atoms with Gasteiger partial charge >= 0.3 is 5.97 Å². The molecule has 0 radical (unpaired) electrons. The average molecular weight is 291 g/mol. The molecule has 0 heterocycles. The molecule has 1 amide bonds. The first-order valence-electron chi connectivity index (χ1n) is 7.64. The van der Waals surface area contributed by atoms with Gasteiger partial charge in [-0.25, -0.2) is 0 Å². The predicted octanol–water partition coefficient (Wildman–Crippen LogP) is 2.81. The van der Waals surface area contributed by atoms with Crippen molar-refractivity contribution < 1.29 is 14.3 Å². The van der Waals surface area contributed by atoms with Crippen LogP contribution in [0.1, 0.15) is 38.7 Å². The van der Waals surface area contributed by atoms with E-state index in [0.29, 0.717) is 19.6 Å². The number of carbonyl (C=O) groups excluding carboxylic acids is 2. The number of amides is 1. The summed E-state index contributed by atoms with van der Waals surface area (Å²) in [4.78, 5) is 25.3. The normalized spacial score (nSPS) is 10.2. The standard InChI is InChI=1S/C17H25NO3/c1-3-13-18(14-17(20)21-4-2)16(19)12-8-11-15-9-6-5-7-10-15/h5-7,9-10H,3-4,8,11-14H2,1-2H3. The molecule has 0 aliphatic rings. The zero-order valence-electron chi connectivity index (χ0n) is 13.0. The van der Waals surface area contributed by atoms with Crippen LogP contribution in [-0.2, 0) is 20.7 Å². The second-order valence-electron chi connectivity index (χ2n) is 4.96. The van der Waals surface area contributed by atoms with E-state index in [1.54, 1.807) is 11.8 Å². The second-order valence-corrected chi connectivity index (χ2v) is 4.96. The molecule has 0 saturated carbocycles. The molecule has 0 atom stereocenters. The van der Waals surface area contributed by atoms with Gasteiger partial charge in [0.15, 0.2) is 0 Å². The zero-order valence-corrected chi connectivity index (χ0v) is 13.0. The highest BCUT2D eigenvalue weighted by Gasteiger charge is 2.16. The molecule has 1 aromatic carbocycles. The van der Waals surface area contributed by atoms with Crippen LogP contribution in [-0.4, -0.2) is 36.5 Å². The third-order valence-electron chi connectivity index (χ3n) is 3.17. The van der Waals surface area contributed by atoms with Crippen molar-refractivity contribution in [2.45, 2.75) is 39.5 Å². The van der Waals surface area contributed by atoms with Gasteiger partial charge in [0.25, 0.3) is 0 Å². The third kappa shape index (κ3) is 6.93. The van der Waals surface area contributed by atoms with Crippen molar-refractivity contribution in [1.82, 2.24) is 4.90 Å². The van der Waals surface area contributed by atoms with E-state index in [4.69, 9.17) is 4.74 Å². The smallest absolute Gasteiger partial charge is 0.325 e. The van der Waals surface area contributed by atoms with Crippen molar-refractivity contribution in [2.24, 2.45) is 0 Å². The summed E-state index contributed by atoms with van der Waals surface area (Å²) in [7, 11) is 0. The maximum absolute atomic E-state index is 12.2. The SMILES string of the molecule is CCCN(CC(=O)OCC)C(=O)CCCc1ccccc1. The summed E-state index contributed by atoms with van der Waals surface area (Å²) >= 11 is 0. The number of rotatable bonds is 9. The molecule has 0 N–H and O–H groups in total. The maximum atomic E-state index is 12.2. The van der Waals surface area contributed by atoms with E-state index in [2.05, 4.69) is 12.1 Å². The summed E-state index contributed by atoms with van der Waals surface area (Å²) in [6, 6.07) is 10.1. The first kappa shape index (κ1) is 17.2. The Hall–Kier alpha value is -1.84. The van der Waals surface area contributed by atoms with Crippen molar-refractivity contribution in [2.75, 3.05) is 19.7 Å². The van der Waals surface area contributed by atoms with Crippen LogP contribution in [0.5, 0.6) is 0 Å². The van der Waals surface area contributed by atoms with Gasteiger partial charge in [0.05, 0.1) is 6.61 Å². The van der Waals surface area contributed by atoms with Crippen molar-refractivity contribution in [3.8, 4) is 0 Å². The molecule has 1 aromatic rings. The topological polar surface area (TPSA) is 46.6 Å². The van der Waals surface area contributed by atoms with Crippen LogP contribution in [0.2, 0.25) is 0 Å². The molecule has 116 valence electrons. The van der Waals surface area contributed by atoms with Crippen molar-refractivity contribution in [1.29, 1.82) is 0 Å². The Balaban J connectivity index is 2.39. The van der Waals surface area contributed by atoms with Gasteiger partial charge in [-0.3, -0.25) is 9.59 Å². The first-order chi connectivity index (χ1) is 10.2. The zero-order chi connectivity index (χ0) is 15.5. The van der Waals surface area contributed by atoms with Crippen molar-refractivity contribution >= 4 is 11.9 Å². The van der Waals surface area contributed by atoms with Crippen LogP contribution < -0.4 is 0 Å². The Kier molecular flexibility index (Phi) is 8.17. The summed E-state index contributed by atoms with van der Waals surface area (Å²) in [6.07, 6.45) is 2.98. The summed E-state index contributed by atoms with van der Waals surface area (Å²) in [6.45, 7) is 4.77. The average Bonchev–Trinajstić information content (AvgIpc) is 2.48. The summed E-state index contributed by atoms with van der Waals surface area (Å²) in [5.41, 5.74) is 1.23. The Labute approximate surface area is 127 Å². The monoisotopic (exact) mass is 291 g/mol. The van der Waals surface area contributed by atoms with Crippen LogP contribution in [0.25, 0.3) is 0 Å². The van der Waals surface area contributed by atoms with Crippen LogP contribution in [0.4, 0.5) is 0 Å². The number of carbonyl (C=O) groups is 2. The summed E-state index contributed by atoms with van der Waals surface area (Å²) < 4.78 is 4.91. The fraction of sp³-hybridized carbons (Fsp3) is 0.529. The minimum atomic E-state index is -0.331. The molecule has 4 nitrogen and oxygen atoms in total. The van der Waals surface area contributed by atoms with Crippen molar-refractivity contribution in [3.63, 3.8) is 0 Å². The number of hydrogen-bond acceptors (Lipinski definition) is 3. The van der Waals surface area contributed by atoms with Gasteiger partial charge in [-0.2, -0.15) is 0 Å². The molecule has 0 saturated heterocycles. The van der Waals surface area contributed by atoms with Gasteiger partial charge in [-0.05, 0) is 31.7 Å². The largest absolute Gasteiger partial charge is 0.465 e. The lowest BCUT2D eigenvalue weighted by Crippen LogP contribution is -2.37. The van der Waals surface area contributed by atoms with Crippen LogP contribution in [0.15, 0.2) is 30.3 Å². The summed E-state index contributed by atoms with van der Waals surface area (Å²) in [5, 5.41) is 0. The highest BCUT2D eigenvalue weighted by Crippen LogP contribution is 2.07. The Morgan fingerprint density at radius 3 is 2.48 bits per heavy atom. The van der Waals surface area contributed by atoms with Gasteiger partial charge in [0, 0.05) is 13.0 Å². The molecule has 0 unspecified atom stereocenters. The first-order valence-corrected chi connectivity index (χ1v) is 7.64. The fourth-order valence-electron chi connectivity index (χ4n) is 2.17. The van der Waals surface area contributed by atoms with E-state index in [1.807, 2.05) is 25.1 Å². The van der Waals surface area contributed by atoms with E-state index in [9.17, 15) is 9.59 Å². The van der Waals surface area contributed by atoms with E-state index >= 15 is 0 Å². The molecule has 0 aliphatic heterocycles. The minimum Gasteiger partial charge on any atom is -0.465 e. The molecule has 0 fully saturated rings. The van der Waals surface area contributed by atoms with Crippen LogP contribution in [0, 0.1) is 0 Å². The lowest BCUT2D eigenvalue weighted by atomic mass is 10.1. The van der Waals surface area contributed by atoms with E-state index < -0.39 is 0 Å². The minimum absolute atomic E-state index is 0.0286. The number of esters is 1. The molecule has 0 spiro atoms. The highest BCUT2D eigenvalue weighted by atomic mass is 16.5. The Morgan fingerprint density at radius 1 is 1.14 bits per heavy atom. The number of aryl methyl sites for hydroxylation is 1. The highest BCUT2D eigenvalue weighted by molar-refractivity contribution is 5.82. The molecular formula is C17H25NO3. The van der Waals surface area contributed by atoms with Crippen LogP contribution in [0.3, 0.4) is 0 Å². The second kappa shape index (κ2) is 9.97. The number of ether oxygens (including phenoxy) is 1. The van der Waals surface area contributed by atoms with Gasteiger partial charge in [0.2, 0.25) is 5.91 Å². The van der Waals surface area contributed by atoms with E-state index in [0.717, 1.165) is 19.3 Å².